The van der Waals surface area contributed by atoms with Gasteiger partial charge in [-0.2, -0.15) is 4.37 Å². The summed E-state index contributed by atoms with van der Waals surface area (Å²) < 4.78 is 10.6. The van der Waals surface area contributed by atoms with Gasteiger partial charge < -0.3 is 24.9 Å². The number of tetrazole rings is 1. The highest BCUT2D eigenvalue weighted by molar-refractivity contribution is 8.00. The van der Waals surface area contributed by atoms with E-state index in [1.165, 1.54) is 38.6 Å². The zero-order valence-corrected chi connectivity index (χ0v) is 23.7. The number of aryl methyl sites for hydroxylation is 1. The van der Waals surface area contributed by atoms with Crippen LogP contribution in [0.3, 0.4) is 0 Å². The normalized spacial score (nSPS) is 23.0. The van der Waals surface area contributed by atoms with Gasteiger partial charge in [-0.05, 0) is 42.7 Å². The van der Waals surface area contributed by atoms with Crippen LogP contribution >= 0.6 is 35.1 Å². The maximum absolute atomic E-state index is 13.1. The molecule has 0 spiro atoms. The van der Waals surface area contributed by atoms with Crippen LogP contribution in [0.2, 0.25) is 0 Å². The summed E-state index contributed by atoms with van der Waals surface area (Å²) >= 11 is 3.43. The van der Waals surface area contributed by atoms with Crippen LogP contribution in [-0.4, -0.2) is 111 Å². The van der Waals surface area contributed by atoms with E-state index < -0.39 is 52.8 Å². The number of aromatic nitrogens is 6. The van der Waals surface area contributed by atoms with Crippen molar-refractivity contribution in [2.45, 2.75) is 42.9 Å². The second-order valence-electron chi connectivity index (χ2n) is 9.63. The van der Waals surface area contributed by atoms with Gasteiger partial charge in [0.05, 0.1) is 0 Å². The highest BCUT2D eigenvalue weighted by atomic mass is 32.2. The molecule has 16 nitrogen and oxygen atoms in total. The lowest BCUT2D eigenvalue weighted by molar-refractivity contribution is -0.160. The second kappa shape index (κ2) is 11.4. The van der Waals surface area contributed by atoms with Gasteiger partial charge in [-0.25, -0.2) is 14.5 Å². The Hall–Kier alpha value is -3.32. The van der Waals surface area contributed by atoms with E-state index in [2.05, 4.69) is 35.4 Å². The standard InChI is InChI=1S/C20H25N9O7S3/c1-19(2,3)36-10(30)5-35-24-11(13-21-9-39-25-13)14(31)22-12-15(32)29-6-20(17(33)34,7-37-16(12)29)8-38-18-23-26-27-28(18)4/h9,12,16H,5-8H2,1-4H3,(H,22,31)(H,33,34)/t12?,16-,20?/m1/s1. The average molecular weight is 600 g/mol. The smallest absolute Gasteiger partial charge is 0.347 e. The molecule has 0 radical (unpaired) electrons. The van der Waals surface area contributed by atoms with Crippen LogP contribution in [0.25, 0.3) is 0 Å². The Morgan fingerprint density at radius 3 is 2.74 bits per heavy atom. The predicted molar refractivity (Wildman–Crippen MR) is 138 cm³/mol. The van der Waals surface area contributed by atoms with E-state index in [9.17, 15) is 24.3 Å². The van der Waals surface area contributed by atoms with Crippen LogP contribution in [0.1, 0.15) is 26.6 Å². The Morgan fingerprint density at radius 1 is 1.36 bits per heavy atom. The molecule has 2 N–H and O–H groups in total. The molecule has 0 aromatic carbocycles. The molecule has 2 aliphatic heterocycles. The number of fused-ring (bicyclic) bond motifs is 1. The number of carboxylic acids is 1. The SMILES string of the molecule is Cn1nnnc1SCC1(C(=O)O)CS[C@@H]2C(NC(=O)C(=NOCC(=O)OC(C)(C)C)c3ncsn3)C(=O)N2C1. The third-order valence-corrected chi connectivity index (χ3v) is 8.86. The zero-order valence-electron chi connectivity index (χ0n) is 21.3. The monoisotopic (exact) mass is 599 g/mol. The quantitative estimate of drug-likeness (QED) is 0.115. The highest BCUT2D eigenvalue weighted by Crippen LogP contribution is 2.44. The van der Waals surface area contributed by atoms with E-state index >= 15 is 0 Å². The fourth-order valence-corrected chi connectivity index (χ4v) is 6.78. The summed E-state index contributed by atoms with van der Waals surface area (Å²) in [7, 11) is 1.65. The zero-order chi connectivity index (χ0) is 28.4. The molecular weight excluding hydrogens is 574 g/mol. The van der Waals surface area contributed by atoms with Gasteiger partial charge in [0, 0.05) is 25.1 Å². The first-order valence-corrected chi connectivity index (χ1v) is 14.3. The Bertz CT molecular complexity index is 1280. The molecule has 4 rings (SSSR count). The Morgan fingerprint density at radius 2 is 2.13 bits per heavy atom. The molecule has 2 aromatic heterocycles. The van der Waals surface area contributed by atoms with Gasteiger partial charge in [-0.15, -0.1) is 16.9 Å². The number of carboxylic acid groups (broad SMARTS) is 1. The maximum Gasteiger partial charge on any atom is 0.347 e. The molecule has 4 heterocycles. The Kier molecular flexibility index (Phi) is 8.40. The summed E-state index contributed by atoms with van der Waals surface area (Å²) in [6, 6.07) is -0.917. The summed E-state index contributed by atoms with van der Waals surface area (Å²) in [5, 5.41) is 27.5. The number of ether oxygens (including phenoxy) is 1. The molecule has 210 valence electrons. The average Bonchev–Trinajstić information content (AvgIpc) is 3.54. The van der Waals surface area contributed by atoms with Crippen molar-refractivity contribution in [2.75, 3.05) is 24.7 Å². The number of esters is 1. The number of hydrogen-bond acceptors (Lipinski definition) is 15. The number of hydrogen-bond donors (Lipinski definition) is 2. The van der Waals surface area contributed by atoms with Crippen molar-refractivity contribution in [3.8, 4) is 0 Å². The summed E-state index contributed by atoms with van der Waals surface area (Å²) in [5.74, 6) is -2.62. The van der Waals surface area contributed by atoms with Crippen molar-refractivity contribution in [3.63, 3.8) is 0 Å². The van der Waals surface area contributed by atoms with Crippen LogP contribution in [0, 0.1) is 5.41 Å². The fraction of sp³-hybridized carbons (Fsp3) is 0.600. The minimum atomic E-state index is -1.23. The van der Waals surface area contributed by atoms with Crippen molar-refractivity contribution < 1.29 is 33.9 Å². The van der Waals surface area contributed by atoms with Gasteiger partial charge in [-0.1, -0.05) is 16.9 Å². The molecule has 2 aliphatic rings. The first-order valence-electron chi connectivity index (χ1n) is 11.4. The van der Waals surface area contributed by atoms with Crippen molar-refractivity contribution in [1.29, 1.82) is 0 Å². The van der Waals surface area contributed by atoms with Crippen LogP contribution in [0.15, 0.2) is 15.8 Å². The molecule has 2 unspecified atom stereocenters. The van der Waals surface area contributed by atoms with E-state index in [-0.39, 0.29) is 29.6 Å². The third-order valence-electron chi connectivity index (χ3n) is 5.49. The molecule has 2 saturated heterocycles. The molecule has 2 amide bonds. The van der Waals surface area contributed by atoms with E-state index in [1.54, 1.807) is 27.8 Å². The fourth-order valence-electron chi connectivity index (χ4n) is 3.64. The predicted octanol–water partition coefficient (Wildman–Crippen LogP) is -0.613. The number of carbonyl (C=O) groups excluding carboxylic acids is 3. The summed E-state index contributed by atoms with van der Waals surface area (Å²) in [5.41, 5.74) is -0.881. The number of oxime groups is 1. The number of carbonyl (C=O) groups is 4. The third kappa shape index (κ3) is 6.47. The van der Waals surface area contributed by atoms with Gasteiger partial charge in [0.2, 0.25) is 29.2 Å². The highest BCUT2D eigenvalue weighted by Gasteiger charge is 2.57. The van der Waals surface area contributed by atoms with Crippen LogP contribution in [0.5, 0.6) is 0 Å². The number of rotatable bonds is 10. The second-order valence-corrected chi connectivity index (χ2v) is 12.3. The lowest BCUT2D eigenvalue weighted by Crippen LogP contribution is -2.74. The van der Waals surface area contributed by atoms with Crippen molar-refractivity contribution in [2.24, 2.45) is 17.6 Å². The molecule has 2 fully saturated rings. The molecule has 2 aromatic rings. The number of amides is 2. The van der Waals surface area contributed by atoms with Crippen molar-refractivity contribution >= 4 is 64.5 Å². The maximum atomic E-state index is 13.1. The minimum Gasteiger partial charge on any atom is -0.481 e. The van der Waals surface area contributed by atoms with Crippen LogP contribution in [0.4, 0.5) is 0 Å². The lowest BCUT2D eigenvalue weighted by Gasteiger charge is -2.53. The molecule has 0 aliphatic carbocycles. The largest absolute Gasteiger partial charge is 0.481 e. The molecule has 3 atom stereocenters. The van der Waals surface area contributed by atoms with Gasteiger partial charge in [0.1, 0.15) is 27.9 Å². The van der Waals surface area contributed by atoms with Crippen LogP contribution < -0.4 is 5.32 Å². The van der Waals surface area contributed by atoms with E-state index in [0.29, 0.717) is 5.16 Å². The topological polar surface area (TPSA) is 204 Å². The molecule has 19 heteroatoms. The van der Waals surface area contributed by atoms with Gasteiger partial charge >= 0.3 is 11.9 Å². The van der Waals surface area contributed by atoms with Gasteiger partial charge in [0.15, 0.2) is 0 Å². The van der Waals surface area contributed by atoms with Crippen molar-refractivity contribution in [1.82, 2.24) is 39.8 Å². The summed E-state index contributed by atoms with van der Waals surface area (Å²) in [6.45, 7) is 4.51. The number of β-lactam (4-membered cyclic amide) rings is 1. The van der Waals surface area contributed by atoms with E-state index in [0.717, 1.165) is 11.5 Å². The van der Waals surface area contributed by atoms with E-state index in [1.807, 2.05) is 0 Å². The lowest BCUT2D eigenvalue weighted by atomic mass is 9.89. The first-order chi connectivity index (χ1) is 18.4. The minimum absolute atomic E-state index is 0.0307. The number of thioether (sulfide) groups is 2. The van der Waals surface area contributed by atoms with E-state index in [4.69, 9.17) is 9.57 Å². The number of aliphatic carboxylic acids is 1. The Labute approximate surface area is 234 Å². The molecule has 0 saturated carbocycles. The van der Waals surface area contributed by atoms with Crippen molar-refractivity contribution in [3.05, 3.63) is 11.3 Å². The molecule has 39 heavy (non-hydrogen) atoms. The number of nitrogens with zero attached hydrogens (tertiary/aromatic N) is 8. The number of nitrogens with one attached hydrogen (secondary N) is 1. The van der Waals surface area contributed by atoms with Crippen LogP contribution in [-0.2, 0) is 35.8 Å². The first kappa shape index (κ1) is 28.7. The summed E-state index contributed by atoms with van der Waals surface area (Å²) in [4.78, 5) is 60.6. The summed E-state index contributed by atoms with van der Waals surface area (Å²) in [6.07, 6.45) is 0. The molecular formula is C20H25N9O7S3. The Balaban J connectivity index is 1.39. The molecule has 0 bridgehead atoms. The van der Waals surface area contributed by atoms with Gasteiger partial charge in [0.25, 0.3) is 5.91 Å². The van der Waals surface area contributed by atoms with Gasteiger partial charge in [-0.3, -0.25) is 14.4 Å².